The molecule has 0 spiro atoms. The Balaban J connectivity index is 0.00000336. The number of para-hydroxylation sites is 1. The van der Waals surface area contributed by atoms with Crippen LogP contribution in [0.3, 0.4) is 0 Å². The van der Waals surface area contributed by atoms with Gasteiger partial charge in [0.1, 0.15) is 18.0 Å². The van der Waals surface area contributed by atoms with Gasteiger partial charge in [0.2, 0.25) is 5.91 Å². The van der Waals surface area contributed by atoms with Gasteiger partial charge < -0.3 is 24.6 Å². The second kappa shape index (κ2) is 12.9. The molecule has 9 heteroatoms. The molecule has 2 aliphatic heterocycles. The second-order valence-corrected chi connectivity index (χ2v) is 9.62. The Hall–Kier alpha value is -3.43. The molecular weight excluding hydrogens is 482 g/mol. The molecule has 1 N–H and O–H groups in total. The van der Waals surface area contributed by atoms with Crippen LogP contribution in [0.25, 0.3) is 5.65 Å². The molecule has 2 atom stereocenters. The van der Waals surface area contributed by atoms with Crippen LogP contribution >= 0.6 is 0 Å². The molecule has 0 aliphatic carbocycles. The van der Waals surface area contributed by atoms with Gasteiger partial charge in [-0.3, -0.25) is 14.0 Å². The number of amides is 2. The van der Waals surface area contributed by atoms with Crippen LogP contribution in [0.15, 0.2) is 54.7 Å². The van der Waals surface area contributed by atoms with E-state index in [0.717, 1.165) is 17.9 Å². The van der Waals surface area contributed by atoms with Crippen LogP contribution in [0.1, 0.15) is 43.4 Å². The smallest absolute Gasteiger partial charge is 0.274 e. The Bertz CT molecular complexity index is 1210. The number of nitrogens with one attached hydrogen (secondary N) is 1. The first-order chi connectivity index (χ1) is 18.2. The van der Waals surface area contributed by atoms with Crippen LogP contribution in [-0.2, 0) is 16.1 Å². The van der Waals surface area contributed by atoms with E-state index in [1.54, 1.807) is 0 Å². The van der Waals surface area contributed by atoms with E-state index in [1.807, 2.05) is 68.9 Å². The molecule has 2 fully saturated rings. The highest BCUT2D eigenvalue weighted by molar-refractivity contribution is 5.94. The number of carbonyl (C=O) groups excluding carboxylic acids is 2. The molecular formula is C29H39N5O4. The zero-order chi connectivity index (χ0) is 25.6. The first-order valence-electron chi connectivity index (χ1n) is 13.2. The topological polar surface area (TPSA) is 88.4 Å². The lowest BCUT2D eigenvalue weighted by atomic mass is 9.92. The Morgan fingerprint density at radius 3 is 2.63 bits per heavy atom. The number of piperidine rings is 1. The molecule has 2 aromatic heterocycles. The number of nitrogens with zero attached hydrogens (tertiary/aromatic N) is 4. The second-order valence-electron chi connectivity index (χ2n) is 9.62. The Kier molecular flexibility index (Phi) is 9.36. The van der Waals surface area contributed by atoms with Crippen molar-refractivity contribution in [1.29, 1.82) is 0 Å². The number of carbonyl (C=O) groups is 2. The third-order valence-corrected chi connectivity index (χ3v) is 7.12. The molecule has 0 bridgehead atoms. The van der Waals surface area contributed by atoms with E-state index in [1.165, 1.54) is 0 Å². The zero-order valence-electron chi connectivity index (χ0n) is 21.3. The zero-order valence-corrected chi connectivity index (χ0v) is 21.3. The molecule has 9 nitrogen and oxygen atoms in total. The predicted octanol–water partition coefficient (Wildman–Crippen LogP) is 3.24. The van der Waals surface area contributed by atoms with Crippen LogP contribution in [0.2, 0.25) is 0 Å². The maximum absolute atomic E-state index is 14.1. The average molecular weight is 522 g/mol. The summed E-state index contributed by atoms with van der Waals surface area (Å²) in [6.07, 6.45) is 3.36. The Labute approximate surface area is 224 Å². The average Bonchev–Trinajstić information content (AvgIpc) is 3.33. The van der Waals surface area contributed by atoms with E-state index in [4.69, 9.17) is 14.5 Å². The normalized spacial score (nSPS) is 19.6. The highest BCUT2D eigenvalue weighted by Crippen LogP contribution is 2.24. The van der Waals surface area contributed by atoms with Gasteiger partial charge >= 0.3 is 0 Å². The minimum absolute atomic E-state index is 0. The van der Waals surface area contributed by atoms with Crippen molar-refractivity contribution in [1.82, 2.24) is 24.5 Å². The quantitative estimate of drug-likeness (QED) is 0.490. The summed E-state index contributed by atoms with van der Waals surface area (Å²) in [7, 11) is 0. The summed E-state index contributed by atoms with van der Waals surface area (Å²) in [6.45, 7) is 6.58. The summed E-state index contributed by atoms with van der Waals surface area (Å²) in [5, 5.41) is 3.42. The van der Waals surface area contributed by atoms with Gasteiger partial charge in [0.15, 0.2) is 5.69 Å². The third kappa shape index (κ3) is 6.00. The van der Waals surface area contributed by atoms with Crippen LogP contribution in [0.5, 0.6) is 5.75 Å². The molecule has 3 aromatic rings. The van der Waals surface area contributed by atoms with Gasteiger partial charge in [-0.15, -0.1) is 0 Å². The van der Waals surface area contributed by atoms with E-state index in [2.05, 4.69) is 12.2 Å². The SMILES string of the molecule is C.CCCN(C(=O)c1nc2ccccn2c1COc1ccccc1)[C@@H]1CNC[C@H](C(=O)N2CCOCC2)C1. The van der Waals surface area contributed by atoms with Crippen molar-refractivity contribution in [3.05, 3.63) is 66.1 Å². The number of ether oxygens (including phenoxy) is 2. The number of benzene rings is 1. The number of fused-ring (bicyclic) bond motifs is 1. The lowest BCUT2D eigenvalue weighted by molar-refractivity contribution is -0.140. The molecule has 2 saturated heterocycles. The van der Waals surface area contributed by atoms with Crippen molar-refractivity contribution in [2.75, 3.05) is 45.9 Å². The Morgan fingerprint density at radius 1 is 1.11 bits per heavy atom. The highest BCUT2D eigenvalue weighted by atomic mass is 16.5. The monoisotopic (exact) mass is 521 g/mol. The first kappa shape index (κ1) is 27.6. The lowest BCUT2D eigenvalue weighted by Gasteiger charge is -2.39. The van der Waals surface area contributed by atoms with E-state index >= 15 is 0 Å². The summed E-state index contributed by atoms with van der Waals surface area (Å²) in [5.41, 5.74) is 1.82. The molecule has 38 heavy (non-hydrogen) atoms. The largest absolute Gasteiger partial charge is 0.487 e. The summed E-state index contributed by atoms with van der Waals surface area (Å²) < 4.78 is 13.4. The van der Waals surface area contributed by atoms with Gasteiger partial charge in [-0.2, -0.15) is 0 Å². The predicted molar refractivity (Wildman–Crippen MR) is 146 cm³/mol. The van der Waals surface area contributed by atoms with Crippen molar-refractivity contribution in [2.24, 2.45) is 5.92 Å². The van der Waals surface area contributed by atoms with Gasteiger partial charge in [0.05, 0.1) is 24.8 Å². The van der Waals surface area contributed by atoms with E-state index < -0.39 is 0 Å². The molecule has 2 aliphatic rings. The van der Waals surface area contributed by atoms with Gasteiger partial charge in [-0.1, -0.05) is 38.6 Å². The minimum Gasteiger partial charge on any atom is -0.487 e. The maximum atomic E-state index is 14.1. The lowest BCUT2D eigenvalue weighted by Crippen LogP contribution is -2.55. The summed E-state index contributed by atoms with van der Waals surface area (Å²) in [5.74, 6) is 0.599. The fraction of sp³-hybridized carbons (Fsp3) is 0.483. The minimum atomic E-state index is -0.161. The van der Waals surface area contributed by atoms with Crippen LogP contribution < -0.4 is 10.1 Å². The van der Waals surface area contributed by atoms with E-state index in [9.17, 15) is 9.59 Å². The van der Waals surface area contributed by atoms with Gasteiger partial charge in [0, 0.05) is 45.0 Å². The number of morpholine rings is 1. The molecule has 0 radical (unpaired) electrons. The number of pyridine rings is 1. The van der Waals surface area contributed by atoms with Crippen LogP contribution in [0, 0.1) is 5.92 Å². The van der Waals surface area contributed by atoms with Crippen molar-refractivity contribution in [2.45, 2.75) is 39.8 Å². The molecule has 4 heterocycles. The number of aromatic nitrogens is 2. The van der Waals surface area contributed by atoms with E-state index in [-0.39, 0.29) is 37.8 Å². The summed E-state index contributed by atoms with van der Waals surface area (Å²) in [4.78, 5) is 35.8. The van der Waals surface area contributed by atoms with Crippen LogP contribution in [0.4, 0.5) is 0 Å². The highest BCUT2D eigenvalue weighted by Gasteiger charge is 2.36. The van der Waals surface area contributed by atoms with Gasteiger partial charge in [-0.05, 0) is 37.1 Å². The van der Waals surface area contributed by atoms with Crippen molar-refractivity contribution >= 4 is 17.5 Å². The fourth-order valence-corrected chi connectivity index (χ4v) is 5.24. The van der Waals surface area contributed by atoms with Gasteiger partial charge in [-0.25, -0.2) is 4.98 Å². The number of hydrogen-bond donors (Lipinski definition) is 1. The van der Waals surface area contributed by atoms with Gasteiger partial charge in [0.25, 0.3) is 5.91 Å². The summed E-state index contributed by atoms with van der Waals surface area (Å²) in [6, 6.07) is 15.2. The molecule has 5 rings (SSSR count). The maximum Gasteiger partial charge on any atom is 0.274 e. The van der Waals surface area contributed by atoms with Crippen molar-refractivity contribution in [3.63, 3.8) is 0 Å². The number of imidazole rings is 1. The standard InChI is InChI=1S/C28H35N5O4.CH4/c1-2-11-32(22-17-21(18-29-19-22)27(34)31-13-15-36-16-14-31)28(35)26-24(20-37-23-8-4-3-5-9-23)33-12-7-6-10-25(33)30-26;/h3-10,12,21-22,29H,2,11,13-20H2,1H3;1H4/t21-,22+;/m1./s1. The van der Waals surface area contributed by atoms with Crippen molar-refractivity contribution < 1.29 is 19.1 Å². The molecule has 0 unspecified atom stereocenters. The van der Waals surface area contributed by atoms with Crippen LogP contribution in [-0.4, -0.2) is 83.0 Å². The molecule has 0 saturated carbocycles. The number of rotatable bonds is 8. The fourth-order valence-electron chi connectivity index (χ4n) is 5.24. The molecule has 2 amide bonds. The Morgan fingerprint density at radius 2 is 1.87 bits per heavy atom. The third-order valence-electron chi connectivity index (χ3n) is 7.12. The first-order valence-corrected chi connectivity index (χ1v) is 13.2. The van der Waals surface area contributed by atoms with E-state index in [0.29, 0.717) is 63.7 Å². The molecule has 204 valence electrons. The van der Waals surface area contributed by atoms with Crippen molar-refractivity contribution in [3.8, 4) is 5.75 Å². The summed E-state index contributed by atoms with van der Waals surface area (Å²) >= 11 is 0. The molecule has 1 aromatic carbocycles. The number of hydrogen-bond acceptors (Lipinski definition) is 6.